The maximum Gasteiger partial charge on any atom is 0.213 e. The van der Waals surface area contributed by atoms with E-state index in [0.717, 1.165) is 5.52 Å². The molecule has 4 aromatic carbocycles. The van der Waals surface area contributed by atoms with Gasteiger partial charge in [-0.3, -0.25) is 15.0 Å². The van der Waals surface area contributed by atoms with E-state index >= 15 is 0 Å². The van der Waals surface area contributed by atoms with Crippen LogP contribution in [0.4, 0.5) is 0 Å². The Bertz CT molecular complexity index is 1990. The third-order valence-corrected chi connectivity index (χ3v) is 7.58. The molecule has 10 aromatic rings. The zero-order valence-electron chi connectivity index (χ0n) is 58.6. The zero-order valence-corrected chi connectivity index (χ0v) is 60.3. The molecule has 0 atom stereocenters. The summed E-state index contributed by atoms with van der Waals surface area (Å²) >= 11 is 3.31. The molecule has 10 rings (SSSR count). The van der Waals surface area contributed by atoms with Gasteiger partial charge in [0.1, 0.15) is 0 Å². The first-order valence-electron chi connectivity index (χ1n) is 31.1. The van der Waals surface area contributed by atoms with Crippen LogP contribution in [0.5, 0.6) is 0 Å². The van der Waals surface area contributed by atoms with E-state index in [1.165, 1.54) is 41.8 Å². The van der Waals surface area contributed by atoms with Gasteiger partial charge >= 0.3 is 0 Å². The van der Waals surface area contributed by atoms with Crippen LogP contribution in [-0.2, 0) is 0 Å². The number of hydrogen-bond acceptors (Lipinski definition) is 11. The highest BCUT2D eigenvalue weighted by Gasteiger charge is 1.91. The first kappa shape index (κ1) is 129. The molecule has 0 amide bonds. The van der Waals surface area contributed by atoms with E-state index < -0.39 is 0 Å². The molecule has 0 saturated carbocycles. The number of aromatic nitrogens is 7. The van der Waals surface area contributed by atoms with Crippen LogP contribution in [0, 0.1) is 27.7 Å². The van der Waals surface area contributed by atoms with Gasteiger partial charge in [0.2, 0.25) is 23.6 Å². The average molecular weight is 1310 g/mol. The second-order valence-electron chi connectivity index (χ2n) is 13.7. The molecule has 0 N–H and O–H groups in total. The van der Waals surface area contributed by atoms with Gasteiger partial charge in [-0.25, -0.2) is 0 Å². The number of aryl methyl sites for hydroxylation is 4. The van der Waals surface area contributed by atoms with Gasteiger partial charge in [0.25, 0.3) is 0 Å². The van der Waals surface area contributed by atoms with E-state index in [1.54, 1.807) is 74.5 Å². The molecular formula is C80H153N7O2S2. The van der Waals surface area contributed by atoms with Crippen LogP contribution in [0.3, 0.4) is 0 Å². The summed E-state index contributed by atoms with van der Waals surface area (Å²) in [5, 5.41) is 24.2. The molecule has 0 bridgehead atoms. The van der Waals surface area contributed by atoms with Crippen molar-refractivity contribution in [2.75, 3.05) is 0 Å². The molecule has 9 nitrogen and oxygen atoms in total. The average Bonchev–Trinajstić information content (AvgIpc) is 4.65. The summed E-state index contributed by atoms with van der Waals surface area (Å²) in [5.74, 6) is 2.49. The normalized spacial score (nSPS) is 6.90. The number of hydrogen-bond donors (Lipinski definition) is 0. The van der Waals surface area contributed by atoms with Crippen molar-refractivity contribution < 1.29 is 8.83 Å². The molecule has 0 saturated heterocycles. The van der Waals surface area contributed by atoms with Crippen molar-refractivity contribution in [2.45, 2.75) is 272 Å². The molecule has 0 unspecified atom stereocenters. The predicted molar refractivity (Wildman–Crippen MR) is 432 cm³/mol. The monoisotopic (exact) mass is 1310 g/mol. The lowest BCUT2D eigenvalue weighted by Crippen LogP contribution is -1.73. The van der Waals surface area contributed by atoms with E-state index in [9.17, 15) is 0 Å². The lowest BCUT2D eigenvalue weighted by Gasteiger charge is -1.92. The third-order valence-electron chi connectivity index (χ3n) is 6.43. The summed E-state index contributed by atoms with van der Waals surface area (Å²) in [7, 11) is 0. The summed E-state index contributed by atoms with van der Waals surface area (Å²) in [6.07, 6.45) is 12.1. The fourth-order valence-electron chi connectivity index (χ4n) is 4.04. The summed E-state index contributed by atoms with van der Waals surface area (Å²) < 4.78 is 9.72. The molecule has 6 aromatic heterocycles. The van der Waals surface area contributed by atoms with Crippen LogP contribution >= 0.6 is 22.7 Å². The molecule has 91 heavy (non-hydrogen) atoms. The second kappa shape index (κ2) is 132. The fourth-order valence-corrected chi connectivity index (χ4v) is 4.84. The number of nitrogens with zero attached hydrogens (tertiary/aromatic N) is 7. The number of rotatable bonds is 0. The standard InChI is InChI=1S/C10H8.C9H7N.C6H6.C5H5N.2C4H6N2O.C4H4S.C3H3NS.4C3H8.8C2H6.7CH4/c1-2-6-10-8-4-3-7-9(10)5-1;1-2-6-9-8(4-1)5-3-7-10-9;2*1-2-4-6-5-3-1;2*1-3-5-6-4(2)7-3;1-2-4-5-3-1;1-2-5-3-4-1;4*1-3-2;8*1-2;;;;;;;/h1-8H;1-7H;1-6H;1-5H;2*1-2H3;1-4H;1-3H;4*3H2,1-2H3;8*1-2H3;7*1H4. The van der Waals surface area contributed by atoms with E-state index in [0.29, 0.717) is 23.6 Å². The first-order valence-corrected chi connectivity index (χ1v) is 33.0. The minimum absolute atomic E-state index is 0. The molecule has 532 valence electrons. The molecule has 0 aliphatic carbocycles. The van der Waals surface area contributed by atoms with E-state index in [2.05, 4.69) is 151 Å². The maximum absolute atomic E-state index is 4.86. The Kier molecular flexibility index (Phi) is 188. The first-order chi connectivity index (χ1) is 41.2. The minimum Gasteiger partial charge on any atom is -0.426 e. The van der Waals surface area contributed by atoms with Crippen molar-refractivity contribution in [3.05, 3.63) is 222 Å². The second-order valence-corrected chi connectivity index (χ2v) is 15.3. The molecule has 0 fully saturated rings. The number of pyridine rings is 2. The van der Waals surface area contributed by atoms with Gasteiger partial charge < -0.3 is 8.83 Å². The topological polar surface area (TPSA) is 117 Å². The smallest absolute Gasteiger partial charge is 0.213 e. The Labute approximate surface area is 578 Å². The Hall–Kier alpha value is -6.69. The summed E-state index contributed by atoms with van der Waals surface area (Å²) in [6.45, 7) is 56.1. The quantitative estimate of drug-likeness (QED) is 0.146. The Morgan fingerprint density at radius 1 is 0.275 bits per heavy atom. The summed E-state index contributed by atoms with van der Waals surface area (Å²) in [6, 6.07) is 50.6. The van der Waals surface area contributed by atoms with E-state index in [4.69, 9.17) is 8.83 Å². The number of fused-ring (bicyclic) bond motifs is 2. The Morgan fingerprint density at radius 2 is 0.538 bits per heavy atom. The third kappa shape index (κ3) is 115. The lowest BCUT2D eigenvalue weighted by molar-refractivity contribution is 0.488. The molecular weight excluding hydrogens is 1160 g/mol. The highest BCUT2D eigenvalue weighted by molar-refractivity contribution is 7.07. The van der Waals surface area contributed by atoms with Crippen LogP contribution in [-0.4, -0.2) is 35.3 Å². The van der Waals surface area contributed by atoms with Gasteiger partial charge in [-0.15, -0.1) is 31.7 Å². The lowest BCUT2D eigenvalue weighted by atomic mass is 10.1. The highest BCUT2D eigenvalue weighted by atomic mass is 32.1. The SMILES string of the molecule is C.C.C.C.C.C.C.CC.CC.CC.CC.CC.CC.CC.CC.CCC.CCC.CCC.CCC.Cc1nnc(C)o1.Cc1nnc(C)o1.c1ccc2ccccc2c1.c1ccc2ncccc2c1.c1ccccc1.c1ccncc1.c1ccsc1.c1cscn1. The number of thiophene rings is 1. The number of thiazole rings is 1. The van der Waals surface area contributed by atoms with Gasteiger partial charge in [0, 0.05) is 63.2 Å². The van der Waals surface area contributed by atoms with E-state index in [-0.39, 0.29) is 52.0 Å². The highest BCUT2D eigenvalue weighted by Crippen LogP contribution is 2.11. The predicted octanol–water partition coefficient (Wildman–Crippen LogP) is 30.4. The maximum atomic E-state index is 4.86. The zero-order chi connectivity index (χ0) is 66.6. The van der Waals surface area contributed by atoms with Gasteiger partial charge in [-0.1, -0.05) is 371 Å². The van der Waals surface area contributed by atoms with Gasteiger partial charge in [-0.2, -0.15) is 11.3 Å². The van der Waals surface area contributed by atoms with Crippen LogP contribution in [0.1, 0.15) is 267 Å². The molecule has 0 aliphatic heterocycles. The largest absolute Gasteiger partial charge is 0.426 e. The van der Waals surface area contributed by atoms with Crippen molar-refractivity contribution in [1.29, 1.82) is 0 Å². The molecule has 11 heteroatoms. The molecule has 0 spiro atoms. The molecule has 0 aliphatic rings. The minimum atomic E-state index is 0. The van der Waals surface area contributed by atoms with Crippen molar-refractivity contribution >= 4 is 44.3 Å². The summed E-state index contributed by atoms with van der Waals surface area (Å²) in [5.41, 5.74) is 2.85. The van der Waals surface area contributed by atoms with Crippen molar-refractivity contribution in [3.63, 3.8) is 0 Å². The Morgan fingerprint density at radius 3 is 0.714 bits per heavy atom. The molecule has 0 radical (unpaired) electrons. The van der Waals surface area contributed by atoms with Crippen molar-refractivity contribution in [3.8, 4) is 0 Å². The summed E-state index contributed by atoms with van der Waals surface area (Å²) in [4.78, 5) is 11.7. The number of para-hydroxylation sites is 1. The number of benzene rings is 4. The van der Waals surface area contributed by atoms with E-state index in [1.807, 2.05) is 224 Å². The van der Waals surface area contributed by atoms with Crippen LogP contribution < -0.4 is 0 Å². The van der Waals surface area contributed by atoms with Crippen molar-refractivity contribution in [2.24, 2.45) is 0 Å². The van der Waals surface area contributed by atoms with Crippen LogP contribution in [0.25, 0.3) is 21.7 Å². The fraction of sp³-hybridized carbons (Fsp3) is 0.487. The van der Waals surface area contributed by atoms with Gasteiger partial charge in [-0.05, 0) is 45.8 Å². The Balaban J connectivity index is -0.0000000432. The van der Waals surface area contributed by atoms with Crippen LogP contribution in [0.15, 0.2) is 207 Å². The van der Waals surface area contributed by atoms with Gasteiger partial charge in [0.05, 0.1) is 11.0 Å². The van der Waals surface area contributed by atoms with Crippen molar-refractivity contribution in [1.82, 2.24) is 35.3 Å². The molecule has 6 heterocycles. The van der Waals surface area contributed by atoms with Crippen LogP contribution in [0.2, 0.25) is 0 Å². The van der Waals surface area contributed by atoms with Gasteiger partial charge in [0.15, 0.2) is 0 Å².